The number of aryl methyl sites for hydroxylation is 1. The first-order chi connectivity index (χ1) is 16.1. The SMILES string of the molecule is CC(F)(F)F.Cc1ccc(-n2nc(-c3ccncc3)cc2N2C(=O)CCC2=O)cc1.OC(F)(F)F. The Labute approximate surface area is 195 Å². The average Bonchev–Trinajstić information content (AvgIpc) is 3.30. The monoisotopic (exact) mass is 502 g/mol. The van der Waals surface area contributed by atoms with Crippen LogP contribution in [0, 0.1) is 6.92 Å². The summed E-state index contributed by atoms with van der Waals surface area (Å²) in [5.41, 5.74) is 3.49. The van der Waals surface area contributed by atoms with Crippen molar-refractivity contribution in [2.75, 3.05) is 4.90 Å². The number of aliphatic hydroxyl groups is 1. The van der Waals surface area contributed by atoms with E-state index >= 15 is 0 Å². The predicted molar refractivity (Wildman–Crippen MR) is 113 cm³/mol. The summed E-state index contributed by atoms with van der Waals surface area (Å²) in [5, 5.41) is 11.2. The Balaban J connectivity index is 0.000000368. The van der Waals surface area contributed by atoms with E-state index in [9.17, 15) is 35.9 Å². The molecule has 2 amide bonds. The molecule has 0 aliphatic carbocycles. The Morgan fingerprint density at radius 1 is 0.886 bits per heavy atom. The number of alkyl halides is 6. The van der Waals surface area contributed by atoms with E-state index in [1.807, 2.05) is 43.3 Å². The molecule has 0 atom stereocenters. The highest BCUT2D eigenvalue weighted by Gasteiger charge is 2.33. The van der Waals surface area contributed by atoms with E-state index in [-0.39, 0.29) is 31.6 Å². The molecule has 1 aliphatic rings. The zero-order chi connectivity index (χ0) is 26.4. The second-order valence-electron chi connectivity index (χ2n) is 7.24. The van der Waals surface area contributed by atoms with Gasteiger partial charge >= 0.3 is 12.5 Å². The highest BCUT2D eigenvalue weighted by atomic mass is 19.4. The van der Waals surface area contributed by atoms with Gasteiger partial charge in [0, 0.05) is 43.8 Å². The highest BCUT2D eigenvalue weighted by Crippen LogP contribution is 2.30. The minimum absolute atomic E-state index is 0.188. The number of hydrogen-bond donors (Lipinski definition) is 1. The van der Waals surface area contributed by atoms with Gasteiger partial charge in [0.2, 0.25) is 11.8 Å². The number of imide groups is 1. The Bertz CT molecular complexity index is 1100. The van der Waals surface area contributed by atoms with Crippen LogP contribution in [0.2, 0.25) is 0 Å². The van der Waals surface area contributed by atoms with Crippen molar-refractivity contribution >= 4 is 17.6 Å². The number of amides is 2. The number of carbonyl (C=O) groups is 2. The number of anilines is 1. The van der Waals surface area contributed by atoms with Crippen LogP contribution in [0.5, 0.6) is 0 Å². The Morgan fingerprint density at radius 2 is 1.34 bits per heavy atom. The molecule has 0 radical (unpaired) electrons. The number of benzene rings is 1. The maximum Gasteiger partial charge on any atom is 0.519 e. The normalized spacial score (nSPS) is 13.7. The molecular weight excluding hydrogens is 482 g/mol. The van der Waals surface area contributed by atoms with Crippen LogP contribution in [-0.4, -0.2) is 44.2 Å². The molecule has 3 aromatic rings. The zero-order valence-electron chi connectivity index (χ0n) is 18.4. The molecule has 35 heavy (non-hydrogen) atoms. The molecule has 1 aliphatic heterocycles. The number of aromatic nitrogens is 3. The molecule has 0 spiro atoms. The summed E-state index contributed by atoms with van der Waals surface area (Å²) in [7, 11) is 0. The third kappa shape index (κ3) is 9.20. The van der Waals surface area contributed by atoms with E-state index in [4.69, 9.17) is 5.11 Å². The molecule has 1 fully saturated rings. The molecule has 0 bridgehead atoms. The molecule has 2 aromatic heterocycles. The molecule has 188 valence electrons. The highest BCUT2D eigenvalue weighted by molar-refractivity contribution is 6.19. The van der Waals surface area contributed by atoms with Crippen LogP contribution in [0.1, 0.15) is 25.3 Å². The van der Waals surface area contributed by atoms with Gasteiger partial charge in [0.05, 0.1) is 11.4 Å². The minimum atomic E-state index is -5.00. The van der Waals surface area contributed by atoms with Gasteiger partial charge < -0.3 is 5.11 Å². The van der Waals surface area contributed by atoms with Gasteiger partial charge in [0.15, 0.2) is 0 Å². The summed E-state index contributed by atoms with van der Waals surface area (Å²) in [6, 6.07) is 13.3. The second kappa shape index (κ2) is 11.1. The van der Waals surface area contributed by atoms with Crippen molar-refractivity contribution in [2.24, 2.45) is 0 Å². The number of halogens is 6. The van der Waals surface area contributed by atoms with Crippen molar-refractivity contribution in [2.45, 2.75) is 39.2 Å². The standard InChI is InChI=1S/C19H16N4O2.C2H3F3.CHF3O/c1-13-2-4-15(5-3-13)23-17(22-18(24)6-7-19(22)25)12-16(21-23)14-8-10-20-11-9-14;1-2(3,4)5;2-1(3,4)5/h2-5,8-12H,6-7H2,1H3;1H3;5H. The number of nitrogens with zero attached hydrogens (tertiary/aromatic N) is 4. The van der Waals surface area contributed by atoms with Gasteiger partial charge in [-0.25, -0.2) is 9.58 Å². The maximum absolute atomic E-state index is 12.2. The Kier molecular flexibility index (Phi) is 8.74. The summed E-state index contributed by atoms with van der Waals surface area (Å²) >= 11 is 0. The largest absolute Gasteiger partial charge is 0.519 e. The van der Waals surface area contributed by atoms with Crippen LogP contribution >= 0.6 is 0 Å². The summed E-state index contributed by atoms with van der Waals surface area (Å²) in [4.78, 5) is 29.7. The van der Waals surface area contributed by atoms with Crippen molar-refractivity contribution in [1.29, 1.82) is 0 Å². The molecule has 3 heterocycles. The summed E-state index contributed by atoms with van der Waals surface area (Å²) in [6.07, 6.45) is -5.15. The third-order valence-electron chi connectivity index (χ3n) is 4.23. The lowest BCUT2D eigenvalue weighted by molar-refractivity contribution is -0.295. The van der Waals surface area contributed by atoms with Crippen molar-refractivity contribution in [1.82, 2.24) is 14.8 Å². The van der Waals surface area contributed by atoms with Gasteiger partial charge in [-0.1, -0.05) is 17.7 Å². The second-order valence-corrected chi connectivity index (χ2v) is 7.24. The molecule has 1 aromatic carbocycles. The molecule has 1 N–H and O–H groups in total. The molecular formula is C22H20F6N4O3. The topological polar surface area (TPSA) is 88.3 Å². The summed E-state index contributed by atoms with van der Waals surface area (Å²) in [5.74, 6) is 0.0854. The van der Waals surface area contributed by atoms with Gasteiger partial charge in [-0.05, 0) is 31.2 Å². The lowest BCUT2D eigenvalue weighted by Gasteiger charge is -2.15. The molecule has 4 rings (SSSR count). The summed E-state index contributed by atoms with van der Waals surface area (Å²) in [6.45, 7) is 2.19. The van der Waals surface area contributed by atoms with Gasteiger partial charge in [-0.2, -0.15) is 18.3 Å². The maximum atomic E-state index is 12.2. The molecule has 0 saturated carbocycles. The first kappa shape index (κ1) is 27.5. The van der Waals surface area contributed by atoms with Crippen molar-refractivity contribution in [3.05, 3.63) is 60.4 Å². The van der Waals surface area contributed by atoms with Crippen LogP contribution in [0.25, 0.3) is 16.9 Å². The lowest BCUT2D eigenvalue weighted by Crippen LogP contribution is -2.30. The van der Waals surface area contributed by atoms with E-state index in [1.165, 1.54) is 4.90 Å². The molecule has 7 nitrogen and oxygen atoms in total. The van der Waals surface area contributed by atoms with Gasteiger partial charge in [0.25, 0.3) is 0 Å². The first-order valence-corrected chi connectivity index (χ1v) is 9.92. The molecule has 13 heteroatoms. The molecule has 0 unspecified atom stereocenters. The fourth-order valence-corrected chi connectivity index (χ4v) is 2.90. The van der Waals surface area contributed by atoms with E-state index in [2.05, 4.69) is 10.1 Å². The van der Waals surface area contributed by atoms with Crippen LogP contribution in [0.3, 0.4) is 0 Å². The number of carbonyl (C=O) groups excluding carboxylic acids is 2. The first-order valence-electron chi connectivity index (χ1n) is 9.92. The Morgan fingerprint density at radius 3 is 1.80 bits per heavy atom. The smallest absolute Gasteiger partial charge is 0.308 e. The summed E-state index contributed by atoms with van der Waals surface area (Å²) < 4.78 is 62.4. The third-order valence-corrected chi connectivity index (χ3v) is 4.23. The lowest BCUT2D eigenvalue weighted by atomic mass is 10.2. The van der Waals surface area contributed by atoms with Crippen LogP contribution in [-0.2, 0) is 9.59 Å². The quantitative estimate of drug-likeness (QED) is 0.404. The van der Waals surface area contributed by atoms with Crippen LogP contribution in [0.4, 0.5) is 32.2 Å². The number of hydrogen-bond acceptors (Lipinski definition) is 5. The van der Waals surface area contributed by atoms with Crippen molar-refractivity contribution in [3.8, 4) is 16.9 Å². The van der Waals surface area contributed by atoms with Crippen LogP contribution in [0.15, 0.2) is 54.9 Å². The van der Waals surface area contributed by atoms with Gasteiger partial charge in [-0.3, -0.25) is 14.6 Å². The zero-order valence-corrected chi connectivity index (χ0v) is 18.4. The fraction of sp³-hybridized carbons (Fsp3) is 0.273. The van der Waals surface area contributed by atoms with E-state index in [0.717, 1.165) is 16.8 Å². The van der Waals surface area contributed by atoms with Crippen molar-refractivity contribution < 1.29 is 41.0 Å². The number of pyridine rings is 1. The average molecular weight is 502 g/mol. The predicted octanol–water partition coefficient (Wildman–Crippen LogP) is 4.96. The van der Waals surface area contributed by atoms with Crippen molar-refractivity contribution in [3.63, 3.8) is 0 Å². The van der Waals surface area contributed by atoms with Gasteiger partial charge in [-0.15, -0.1) is 13.2 Å². The van der Waals surface area contributed by atoms with E-state index in [0.29, 0.717) is 11.5 Å². The minimum Gasteiger partial charge on any atom is -0.308 e. The van der Waals surface area contributed by atoms with Gasteiger partial charge in [0.1, 0.15) is 5.82 Å². The van der Waals surface area contributed by atoms with E-state index < -0.39 is 12.5 Å². The Hall–Kier alpha value is -3.74. The fourth-order valence-electron chi connectivity index (χ4n) is 2.90. The van der Waals surface area contributed by atoms with Crippen LogP contribution < -0.4 is 4.90 Å². The van der Waals surface area contributed by atoms with E-state index in [1.54, 1.807) is 23.1 Å². The molecule has 1 saturated heterocycles. The number of rotatable bonds is 3.